The number of likely N-dealkylation sites (tertiary alicyclic amines) is 1. The molecule has 3 aliphatic rings. The number of nitrogens with zero attached hydrogens (tertiary/aromatic N) is 1. The third-order valence-electron chi connectivity index (χ3n) is 7.98. The Morgan fingerprint density at radius 1 is 1.19 bits per heavy atom. The molecule has 0 unspecified atom stereocenters. The second kappa shape index (κ2) is 8.22. The molecule has 1 saturated heterocycles. The van der Waals surface area contributed by atoms with E-state index in [1.165, 1.54) is 0 Å². The zero-order chi connectivity index (χ0) is 22.5. The van der Waals surface area contributed by atoms with E-state index in [-0.39, 0.29) is 17.5 Å². The second-order valence-corrected chi connectivity index (χ2v) is 9.96. The van der Waals surface area contributed by atoms with Gasteiger partial charge in [-0.3, -0.25) is 4.79 Å². The van der Waals surface area contributed by atoms with Gasteiger partial charge in [0.2, 0.25) is 0 Å². The fraction of sp³-hybridized carbons (Fsp3) is 0.615. The second-order valence-electron chi connectivity index (χ2n) is 9.96. The highest BCUT2D eigenvalue weighted by molar-refractivity contribution is 5.86. The van der Waals surface area contributed by atoms with Crippen LogP contribution >= 0.6 is 0 Å². The first-order valence-electron chi connectivity index (χ1n) is 12.1. The lowest BCUT2D eigenvalue weighted by atomic mass is 9.71. The summed E-state index contributed by atoms with van der Waals surface area (Å²) in [5, 5.41) is 11.9. The van der Waals surface area contributed by atoms with Gasteiger partial charge >= 0.3 is 5.63 Å². The Labute approximate surface area is 188 Å². The minimum atomic E-state index is -0.648. The smallest absolute Gasteiger partial charge is 0.339 e. The molecule has 32 heavy (non-hydrogen) atoms. The Kier molecular flexibility index (Phi) is 5.52. The van der Waals surface area contributed by atoms with Crippen molar-refractivity contribution in [2.75, 3.05) is 13.1 Å². The van der Waals surface area contributed by atoms with Crippen LogP contribution in [-0.4, -0.2) is 40.7 Å². The highest BCUT2D eigenvalue weighted by Crippen LogP contribution is 2.40. The molecule has 1 aromatic heterocycles. The summed E-state index contributed by atoms with van der Waals surface area (Å²) < 4.78 is 11.8. The number of carbonyl (C=O) groups is 1. The van der Waals surface area contributed by atoms with Gasteiger partial charge in [0, 0.05) is 35.5 Å². The zero-order valence-electron chi connectivity index (χ0n) is 19.1. The van der Waals surface area contributed by atoms with E-state index in [9.17, 15) is 14.7 Å². The van der Waals surface area contributed by atoms with Gasteiger partial charge in [0.05, 0.1) is 5.60 Å². The van der Waals surface area contributed by atoms with Gasteiger partial charge in [0.25, 0.3) is 5.91 Å². The molecule has 1 aromatic carbocycles. The molecule has 2 heterocycles. The average Bonchev–Trinajstić information content (AvgIpc) is 2.80. The Bertz CT molecular complexity index is 1110. The normalized spacial score (nSPS) is 26.3. The first-order chi connectivity index (χ1) is 15.4. The topological polar surface area (TPSA) is 80.0 Å². The van der Waals surface area contributed by atoms with E-state index < -0.39 is 11.7 Å². The van der Waals surface area contributed by atoms with E-state index in [0.29, 0.717) is 30.8 Å². The Balaban J connectivity index is 1.35. The van der Waals surface area contributed by atoms with Crippen LogP contribution in [0, 0.1) is 12.8 Å². The summed E-state index contributed by atoms with van der Waals surface area (Å²) in [5.41, 5.74) is 2.39. The molecule has 0 radical (unpaired) electrons. The van der Waals surface area contributed by atoms with E-state index in [2.05, 4.69) is 0 Å². The molecule has 6 heteroatoms. The van der Waals surface area contributed by atoms with E-state index >= 15 is 0 Å². The summed E-state index contributed by atoms with van der Waals surface area (Å²) in [7, 11) is 0. The fourth-order valence-corrected chi connectivity index (χ4v) is 6.02. The molecule has 2 aromatic rings. The summed E-state index contributed by atoms with van der Waals surface area (Å²) >= 11 is 0. The third kappa shape index (κ3) is 3.62. The van der Waals surface area contributed by atoms with Crippen molar-refractivity contribution in [2.45, 2.75) is 83.3 Å². The van der Waals surface area contributed by atoms with Gasteiger partial charge in [-0.15, -0.1) is 0 Å². The van der Waals surface area contributed by atoms with Crippen LogP contribution in [-0.2, 0) is 17.6 Å². The Morgan fingerprint density at radius 2 is 1.97 bits per heavy atom. The molecule has 5 rings (SSSR count). The van der Waals surface area contributed by atoms with Crippen LogP contribution in [0.25, 0.3) is 11.0 Å². The SMILES string of the molecule is Cc1c(O[C@@H](C)C(=O)N2CC[C@]3(O)CCCC[C@H]3C2)ccc2c3c(c(=O)oc12)CCCC3. The number of ether oxygens (including phenoxy) is 1. The molecule has 0 spiro atoms. The van der Waals surface area contributed by atoms with Crippen LogP contribution in [0.5, 0.6) is 5.75 Å². The van der Waals surface area contributed by atoms with Gasteiger partial charge in [-0.2, -0.15) is 0 Å². The van der Waals surface area contributed by atoms with Crippen LogP contribution in [0.3, 0.4) is 0 Å². The number of aliphatic hydroxyl groups is 1. The number of piperidine rings is 1. The third-order valence-corrected chi connectivity index (χ3v) is 7.98. The van der Waals surface area contributed by atoms with Crippen LogP contribution in [0.4, 0.5) is 0 Å². The van der Waals surface area contributed by atoms with Crippen molar-refractivity contribution in [2.24, 2.45) is 5.92 Å². The predicted octanol–water partition coefficient (Wildman–Crippen LogP) is 3.90. The zero-order valence-corrected chi connectivity index (χ0v) is 19.1. The Morgan fingerprint density at radius 3 is 2.78 bits per heavy atom. The van der Waals surface area contributed by atoms with Crippen molar-refractivity contribution in [1.82, 2.24) is 4.90 Å². The molecule has 1 aliphatic heterocycles. The lowest BCUT2D eigenvalue weighted by Crippen LogP contribution is -2.56. The number of carbonyl (C=O) groups excluding carboxylic acids is 1. The maximum absolute atomic E-state index is 13.1. The minimum Gasteiger partial charge on any atom is -0.480 e. The van der Waals surface area contributed by atoms with E-state index in [4.69, 9.17) is 9.15 Å². The minimum absolute atomic E-state index is 0.0518. The van der Waals surface area contributed by atoms with Crippen molar-refractivity contribution in [3.63, 3.8) is 0 Å². The standard InChI is InChI=1S/C26H33NO5/c1-16-22(11-10-20-19-8-3-4-9-21(19)25(29)32-23(16)20)31-17(2)24(28)27-14-13-26(30)12-6-5-7-18(26)15-27/h10-11,17-18,30H,3-9,12-15H2,1-2H3/t17-,18-,26+/m0/s1. The van der Waals surface area contributed by atoms with Crippen molar-refractivity contribution in [3.8, 4) is 5.75 Å². The molecule has 1 amide bonds. The lowest BCUT2D eigenvalue weighted by molar-refractivity contribution is -0.149. The molecular weight excluding hydrogens is 406 g/mol. The lowest BCUT2D eigenvalue weighted by Gasteiger charge is -2.47. The van der Waals surface area contributed by atoms with Crippen molar-refractivity contribution >= 4 is 16.9 Å². The van der Waals surface area contributed by atoms with E-state index in [1.807, 2.05) is 24.0 Å². The van der Waals surface area contributed by atoms with Gasteiger partial charge in [-0.1, -0.05) is 12.8 Å². The van der Waals surface area contributed by atoms with Crippen LogP contribution < -0.4 is 10.4 Å². The van der Waals surface area contributed by atoms with Crippen LogP contribution in [0.15, 0.2) is 21.3 Å². The molecule has 0 bridgehead atoms. The number of hydrogen-bond acceptors (Lipinski definition) is 5. The number of amides is 1. The fourth-order valence-electron chi connectivity index (χ4n) is 6.02. The molecule has 172 valence electrons. The Hall–Kier alpha value is -2.34. The van der Waals surface area contributed by atoms with Crippen LogP contribution in [0.1, 0.15) is 68.6 Å². The molecule has 3 atom stereocenters. The van der Waals surface area contributed by atoms with Gasteiger partial charge in [-0.25, -0.2) is 4.79 Å². The summed E-state index contributed by atoms with van der Waals surface area (Å²) in [6, 6.07) is 3.86. The number of fused-ring (bicyclic) bond motifs is 4. The molecule has 2 aliphatic carbocycles. The first kappa shape index (κ1) is 21.5. The summed E-state index contributed by atoms with van der Waals surface area (Å²) in [4.78, 5) is 27.5. The monoisotopic (exact) mass is 439 g/mol. The number of benzene rings is 1. The number of rotatable bonds is 3. The largest absolute Gasteiger partial charge is 0.480 e. The molecule has 1 saturated carbocycles. The first-order valence-corrected chi connectivity index (χ1v) is 12.1. The van der Waals surface area contributed by atoms with Gasteiger partial charge in [0.1, 0.15) is 11.3 Å². The number of aryl methyl sites for hydroxylation is 2. The van der Waals surface area contributed by atoms with Crippen molar-refractivity contribution in [3.05, 3.63) is 39.2 Å². The molecule has 2 fully saturated rings. The summed E-state index contributed by atoms with van der Waals surface area (Å²) in [6.07, 6.45) is 7.79. The van der Waals surface area contributed by atoms with Crippen LogP contribution in [0.2, 0.25) is 0 Å². The molecule has 1 N–H and O–H groups in total. The van der Waals surface area contributed by atoms with Gasteiger partial charge in [0.15, 0.2) is 6.10 Å². The van der Waals surface area contributed by atoms with Crippen molar-refractivity contribution < 1.29 is 19.1 Å². The van der Waals surface area contributed by atoms with E-state index in [0.717, 1.165) is 73.4 Å². The molecule has 6 nitrogen and oxygen atoms in total. The average molecular weight is 440 g/mol. The highest BCUT2D eigenvalue weighted by atomic mass is 16.5. The maximum atomic E-state index is 13.1. The summed E-state index contributed by atoms with van der Waals surface area (Å²) in [5.74, 6) is 0.677. The quantitative estimate of drug-likeness (QED) is 0.734. The molecular formula is C26H33NO5. The summed E-state index contributed by atoms with van der Waals surface area (Å²) in [6.45, 7) is 4.82. The van der Waals surface area contributed by atoms with E-state index in [1.54, 1.807) is 6.92 Å². The maximum Gasteiger partial charge on any atom is 0.339 e. The van der Waals surface area contributed by atoms with Crippen molar-refractivity contribution in [1.29, 1.82) is 0 Å². The predicted molar refractivity (Wildman–Crippen MR) is 122 cm³/mol. The number of hydrogen-bond donors (Lipinski definition) is 1. The van der Waals surface area contributed by atoms with Gasteiger partial charge < -0.3 is 19.2 Å². The van der Waals surface area contributed by atoms with Gasteiger partial charge in [-0.05, 0) is 76.5 Å². The highest BCUT2D eigenvalue weighted by Gasteiger charge is 2.44.